The second-order valence-electron chi connectivity index (χ2n) is 3.83. The van der Waals surface area contributed by atoms with Gasteiger partial charge in [0.15, 0.2) is 0 Å². The molecule has 80 valence electrons. The molecule has 0 saturated heterocycles. The van der Waals surface area contributed by atoms with Crippen molar-refractivity contribution in [3.8, 4) is 6.07 Å². The first-order chi connectivity index (χ1) is 7.06. The molecule has 0 aliphatic rings. The molecule has 0 saturated carbocycles. The molecule has 1 aromatic rings. The van der Waals surface area contributed by atoms with Crippen molar-refractivity contribution in [3.63, 3.8) is 0 Å². The highest BCUT2D eigenvalue weighted by Crippen LogP contribution is 2.21. The molecule has 0 fully saturated rings. The summed E-state index contributed by atoms with van der Waals surface area (Å²) in [6.45, 7) is 1.63. The highest BCUT2D eigenvalue weighted by atomic mass is 16.3. The summed E-state index contributed by atoms with van der Waals surface area (Å²) >= 11 is 0. The Bertz CT molecular complexity index is 349. The van der Waals surface area contributed by atoms with Crippen LogP contribution in [0.1, 0.15) is 18.4 Å². The molecule has 15 heavy (non-hydrogen) atoms. The molecule has 1 aromatic carbocycles. The molecule has 2 unspecified atom stereocenters. The van der Waals surface area contributed by atoms with Crippen LogP contribution in [0.2, 0.25) is 0 Å². The standard InChI is InChI=1S/C12H16N2O/c1-9(15)12(8-13)10-4-6-11(7-5-10)14(2)3/h4-7,9,12,15H,1-3H3. The second kappa shape index (κ2) is 4.81. The average molecular weight is 204 g/mol. The van der Waals surface area contributed by atoms with Gasteiger partial charge in [-0.1, -0.05) is 12.1 Å². The van der Waals surface area contributed by atoms with E-state index in [1.807, 2.05) is 43.3 Å². The zero-order chi connectivity index (χ0) is 11.4. The van der Waals surface area contributed by atoms with Gasteiger partial charge in [0.25, 0.3) is 0 Å². The largest absolute Gasteiger partial charge is 0.392 e. The Hall–Kier alpha value is -1.53. The maximum absolute atomic E-state index is 9.41. The van der Waals surface area contributed by atoms with E-state index in [2.05, 4.69) is 6.07 Å². The first-order valence-electron chi connectivity index (χ1n) is 4.91. The third-order valence-electron chi connectivity index (χ3n) is 2.39. The van der Waals surface area contributed by atoms with Gasteiger partial charge in [0.2, 0.25) is 0 Å². The van der Waals surface area contributed by atoms with Crippen molar-refractivity contribution in [3.05, 3.63) is 29.8 Å². The lowest BCUT2D eigenvalue weighted by atomic mass is 9.95. The summed E-state index contributed by atoms with van der Waals surface area (Å²) in [4.78, 5) is 1.99. The van der Waals surface area contributed by atoms with Crippen LogP contribution in [0.3, 0.4) is 0 Å². The van der Waals surface area contributed by atoms with Crippen LogP contribution in [0.15, 0.2) is 24.3 Å². The Kier molecular flexibility index (Phi) is 3.70. The molecule has 0 heterocycles. The maximum atomic E-state index is 9.41. The van der Waals surface area contributed by atoms with E-state index in [1.54, 1.807) is 6.92 Å². The van der Waals surface area contributed by atoms with E-state index in [4.69, 9.17) is 5.26 Å². The van der Waals surface area contributed by atoms with Crippen LogP contribution in [0.4, 0.5) is 5.69 Å². The Morgan fingerprint density at radius 2 is 1.80 bits per heavy atom. The average Bonchev–Trinajstić information content (AvgIpc) is 2.19. The predicted molar refractivity (Wildman–Crippen MR) is 60.8 cm³/mol. The lowest BCUT2D eigenvalue weighted by Gasteiger charge is -2.15. The van der Waals surface area contributed by atoms with Gasteiger partial charge in [0.05, 0.1) is 18.1 Å². The van der Waals surface area contributed by atoms with Gasteiger partial charge >= 0.3 is 0 Å². The number of nitriles is 1. The van der Waals surface area contributed by atoms with Gasteiger partial charge in [-0.15, -0.1) is 0 Å². The van der Waals surface area contributed by atoms with E-state index < -0.39 is 12.0 Å². The zero-order valence-corrected chi connectivity index (χ0v) is 9.31. The highest BCUT2D eigenvalue weighted by molar-refractivity contribution is 5.47. The molecule has 2 atom stereocenters. The van der Waals surface area contributed by atoms with Crippen molar-refractivity contribution in [1.29, 1.82) is 5.26 Å². The quantitative estimate of drug-likeness (QED) is 0.815. The minimum Gasteiger partial charge on any atom is -0.392 e. The minimum atomic E-state index is -0.639. The maximum Gasteiger partial charge on any atom is 0.0969 e. The van der Waals surface area contributed by atoms with Gasteiger partial charge in [0.1, 0.15) is 0 Å². The van der Waals surface area contributed by atoms with Gasteiger partial charge in [-0.05, 0) is 24.6 Å². The van der Waals surface area contributed by atoms with Gasteiger partial charge in [-0.2, -0.15) is 5.26 Å². The van der Waals surface area contributed by atoms with Crippen LogP contribution in [0.5, 0.6) is 0 Å². The van der Waals surface area contributed by atoms with Crippen molar-refractivity contribution in [2.45, 2.75) is 18.9 Å². The summed E-state index contributed by atoms with van der Waals surface area (Å²) in [6.07, 6.45) is -0.639. The predicted octanol–water partition coefficient (Wildman–Crippen LogP) is 1.74. The Morgan fingerprint density at radius 1 is 1.27 bits per heavy atom. The van der Waals surface area contributed by atoms with Crippen molar-refractivity contribution in [2.75, 3.05) is 19.0 Å². The number of nitrogens with zero attached hydrogens (tertiary/aromatic N) is 2. The van der Waals surface area contributed by atoms with Crippen molar-refractivity contribution in [1.82, 2.24) is 0 Å². The minimum absolute atomic E-state index is 0.443. The number of hydrogen-bond acceptors (Lipinski definition) is 3. The molecule has 0 amide bonds. The summed E-state index contributed by atoms with van der Waals surface area (Å²) in [5, 5.41) is 18.3. The number of benzene rings is 1. The summed E-state index contributed by atoms with van der Waals surface area (Å²) in [6, 6.07) is 9.77. The first kappa shape index (κ1) is 11.5. The molecule has 3 heteroatoms. The number of anilines is 1. The van der Waals surface area contributed by atoms with Gasteiger partial charge in [-0.3, -0.25) is 0 Å². The lowest BCUT2D eigenvalue weighted by molar-refractivity contribution is 0.181. The highest BCUT2D eigenvalue weighted by Gasteiger charge is 2.16. The topological polar surface area (TPSA) is 47.3 Å². The number of hydrogen-bond donors (Lipinski definition) is 1. The Balaban J connectivity index is 2.93. The summed E-state index contributed by atoms with van der Waals surface area (Å²) in [5.41, 5.74) is 1.94. The molecule has 0 aromatic heterocycles. The summed E-state index contributed by atoms with van der Waals surface area (Å²) in [7, 11) is 3.93. The molecule has 0 aliphatic heterocycles. The molecule has 0 aliphatic carbocycles. The molecular weight excluding hydrogens is 188 g/mol. The van der Waals surface area contributed by atoms with Crippen molar-refractivity contribution in [2.24, 2.45) is 0 Å². The third kappa shape index (κ3) is 2.71. The first-order valence-corrected chi connectivity index (χ1v) is 4.91. The third-order valence-corrected chi connectivity index (χ3v) is 2.39. The lowest BCUT2D eigenvalue weighted by Crippen LogP contribution is -2.13. The van der Waals surface area contributed by atoms with E-state index in [-0.39, 0.29) is 0 Å². The van der Waals surface area contributed by atoms with Crippen LogP contribution in [0, 0.1) is 11.3 Å². The fraction of sp³-hybridized carbons (Fsp3) is 0.417. The molecular formula is C12H16N2O. The van der Waals surface area contributed by atoms with Gasteiger partial charge in [0, 0.05) is 19.8 Å². The van der Waals surface area contributed by atoms with E-state index >= 15 is 0 Å². The molecule has 1 N–H and O–H groups in total. The SMILES string of the molecule is CC(O)C(C#N)c1ccc(N(C)C)cc1. The monoisotopic (exact) mass is 204 g/mol. The normalized spacial score (nSPS) is 14.1. The van der Waals surface area contributed by atoms with E-state index in [9.17, 15) is 5.11 Å². The Labute approximate surface area is 90.6 Å². The molecule has 0 radical (unpaired) electrons. The van der Waals surface area contributed by atoms with Crippen molar-refractivity contribution < 1.29 is 5.11 Å². The van der Waals surface area contributed by atoms with E-state index in [0.29, 0.717) is 0 Å². The molecule has 3 nitrogen and oxygen atoms in total. The van der Waals surface area contributed by atoms with Crippen LogP contribution in [-0.4, -0.2) is 25.3 Å². The fourth-order valence-corrected chi connectivity index (χ4v) is 1.44. The molecule has 0 spiro atoms. The zero-order valence-electron chi connectivity index (χ0n) is 9.31. The second-order valence-corrected chi connectivity index (χ2v) is 3.83. The molecule has 1 rings (SSSR count). The number of aliphatic hydroxyl groups is 1. The van der Waals surface area contributed by atoms with Crippen molar-refractivity contribution >= 4 is 5.69 Å². The Morgan fingerprint density at radius 3 is 2.13 bits per heavy atom. The van der Waals surface area contributed by atoms with Crippen LogP contribution in [-0.2, 0) is 0 Å². The van der Waals surface area contributed by atoms with Crippen LogP contribution in [0.25, 0.3) is 0 Å². The smallest absolute Gasteiger partial charge is 0.0969 e. The molecule has 0 bridgehead atoms. The number of rotatable bonds is 3. The van der Waals surface area contributed by atoms with Crippen LogP contribution < -0.4 is 4.90 Å². The van der Waals surface area contributed by atoms with Gasteiger partial charge in [-0.25, -0.2) is 0 Å². The van der Waals surface area contributed by atoms with E-state index in [0.717, 1.165) is 11.3 Å². The fourth-order valence-electron chi connectivity index (χ4n) is 1.44. The van der Waals surface area contributed by atoms with E-state index in [1.165, 1.54) is 0 Å². The number of aliphatic hydroxyl groups excluding tert-OH is 1. The summed E-state index contributed by atoms with van der Waals surface area (Å²) in [5.74, 6) is -0.443. The van der Waals surface area contributed by atoms with Crippen LogP contribution >= 0.6 is 0 Å². The summed E-state index contributed by atoms with van der Waals surface area (Å²) < 4.78 is 0. The van der Waals surface area contributed by atoms with Gasteiger partial charge < -0.3 is 10.0 Å².